The minimum atomic E-state index is -4.76. The van der Waals surface area contributed by atoms with Crippen molar-refractivity contribution in [1.82, 2.24) is 0 Å². The molecule has 0 bridgehead atoms. The summed E-state index contributed by atoms with van der Waals surface area (Å²) in [5, 5.41) is 9.86. The van der Waals surface area contributed by atoms with Crippen LogP contribution in [0.2, 0.25) is 0 Å². The van der Waals surface area contributed by atoms with E-state index in [0.29, 0.717) is 19.3 Å². The van der Waals surface area contributed by atoms with Crippen LogP contribution < -0.4 is 0 Å². The Hall–Kier alpha value is -2.82. The number of unbranched alkanes of at least 4 members (excludes halogenated alkanes) is 33. The molecule has 2 N–H and O–H groups in total. The van der Waals surface area contributed by atoms with Gasteiger partial charge in [0.2, 0.25) is 0 Å². The van der Waals surface area contributed by atoms with E-state index in [2.05, 4.69) is 81.5 Å². The molecule has 3 unspecified atom stereocenters. The summed E-state index contributed by atoms with van der Waals surface area (Å²) in [6, 6.07) is 0. The number of carbonyl (C=O) groups excluding carboxylic acids is 3. The van der Waals surface area contributed by atoms with Crippen LogP contribution in [0.3, 0.4) is 0 Å². The molecule has 0 amide bonds. The number of carbonyl (C=O) groups is 3. The lowest BCUT2D eigenvalue weighted by atomic mass is 10.1. The molecule has 12 heteroatoms. The summed E-state index contributed by atoms with van der Waals surface area (Å²) < 4.78 is 39.7. The number of aliphatic hydroxyl groups is 1. The fourth-order valence-electron chi connectivity index (χ4n) is 8.95. The largest absolute Gasteiger partial charge is 0.472 e. The fraction of sp³-hybridized carbons (Fsp3) is 0.803. The van der Waals surface area contributed by atoms with Crippen molar-refractivity contribution in [3.63, 3.8) is 0 Å². The number of phosphoric acid groups is 1. The van der Waals surface area contributed by atoms with Crippen LogP contribution in [0.4, 0.5) is 0 Å². The van der Waals surface area contributed by atoms with E-state index in [0.717, 1.165) is 96.3 Å². The topological polar surface area (TPSA) is 155 Å². The van der Waals surface area contributed by atoms with Gasteiger partial charge in [-0.25, -0.2) is 4.57 Å². The lowest BCUT2D eigenvalue weighted by molar-refractivity contribution is -0.161. The fourth-order valence-corrected chi connectivity index (χ4v) is 9.73. The summed E-state index contributed by atoms with van der Waals surface area (Å²) in [7, 11) is -4.76. The molecule has 0 aliphatic heterocycles. The molecule has 0 fully saturated rings. The third-order valence-electron chi connectivity index (χ3n) is 13.9. The quantitative estimate of drug-likeness (QED) is 0.0197. The van der Waals surface area contributed by atoms with Crippen molar-refractivity contribution in [2.24, 2.45) is 0 Å². The number of hydrogen-bond donors (Lipinski definition) is 2. The van der Waals surface area contributed by atoms with Crippen molar-refractivity contribution in [1.29, 1.82) is 0 Å². The zero-order valence-electron chi connectivity index (χ0n) is 50.4. The maximum Gasteiger partial charge on any atom is 0.472 e. The molecular weight excluding hydrogens is 1000 g/mol. The first-order valence-corrected chi connectivity index (χ1v) is 33.7. The highest BCUT2D eigenvalue weighted by atomic mass is 31.2. The van der Waals surface area contributed by atoms with Crippen LogP contribution in [0.5, 0.6) is 0 Å². The predicted octanol–water partition coefficient (Wildman–Crippen LogP) is 19.5. The second-order valence-electron chi connectivity index (χ2n) is 21.6. The molecule has 0 aliphatic carbocycles. The van der Waals surface area contributed by atoms with Crippen molar-refractivity contribution >= 4 is 25.7 Å². The lowest BCUT2D eigenvalue weighted by Gasteiger charge is -2.21. The first-order chi connectivity index (χ1) is 38.2. The highest BCUT2D eigenvalue weighted by Gasteiger charge is 2.28. The molecule has 0 radical (unpaired) electrons. The average Bonchev–Trinajstić information content (AvgIpc) is 3.43. The van der Waals surface area contributed by atoms with Gasteiger partial charge in [-0.2, -0.15) is 0 Å². The second kappa shape index (κ2) is 60.3. The minimum absolute atomic E-state index is 0.160. The third kappa shape index (κ3) is 57.9. The molecule has 78 heavy (non-hydrogen) atoms. The number of allylic oxidation sites excluding steroid dienone is 10. The van der Waals surface area contributed by atoms with E-state index in [1.165, 1.54) is 148 Å². The van der Waals surface area contributed by atoms with Gasteiger partial charge in [0.1, 0.15) is 12.7 Å². The number of rotatable bonds is 60. The molecular formula is C66H119O11P. The van der Waals surface area contributed by atoms with E-state index in [9.17, 15) is 28.9 Å². The number of phosphoric ester groups is 1. The Bertz CT molecular complexity index is 1540. The van der Waals surface area contributed by atoms with Crippen molar-refractivity contribution in [3.05, 3.63) is 60.8 Å². The molecule has 0 aliphatic rings. The number of ether oxygens (including phenoxy) is 3. The molecule has 11 nitrogen and oxygen atoms in total. The van der Waals surface area contributed by atoms with E-state index in [-0.39, 0.29) is 25.9 Å². The number of hydrogen-bond acceptors (Lipinski definition) is 10. The molecule has 0 saturated heterocycles. The molecule has 0 aromatic heterocycles. The van der Waals surface area contributed by atoms with Crippen molar-refractivity contribution in [2.75, 3.05) is 26.4 Å². The average molecular weight is 1120 g/mol. The van der Waals surface area contributed by atoms with E-state index < -0.39 is 57.8 Å². The Balaban J connectivity index is 4.64. The van der Waals surface area contributed by atoms with Crippen LogP contribution in [0.25, 0.3) is 0 Å². The standard InChI is InChI=1S/C66H119O11P/c1-4-7-10-13-16-19-22-25-27-29-31-33-35-38-41-44-47-50-53-56-65(69)76-62(58-67)60-74-78(71,72)75-61-63(59-73-64(68)55-52-49-46-43-40-37-24-21-18-15-12-9-6-3)77-66(70)57-54-51-48-45-42-39-36-34-32-30-28-26-23-20-17-14-11-8-5-2/h12,15,17,20-21,24-28,62-63,67H,4-11,13-14,16,18-19,22-23,29-61H2,1-3H3,(H,71,72)/b15-12-,20-17-,24-21-,27-25-,28-26-. The Kier molecular flexibility index (Phi) is 58.1. The maximum absolute atomic E-state index is 12.9. The van der Waals surface area contributed by atoms with Crippen molar-refractivity contribution < 1.29 is 52.2 Å². The van der Waals surface area contributed by atoms with Gasteiger partial charge in [-0.15, -0.1) is 0 Å². The van der Waals surface area contributed by atoms with Gasteiger partial charge in [0, 0.05) is 19.3 Å². The minimum Gasteiger partial charge on any atom is -0.462 e. The zero-order chi connectivity index (χ0) is 56.9. The highest BCUT2D eigenvalue weighted by Crippen LogP contribution is 2.43. The van der Waals surface area contributed by atoms with Gasteiger partial charge >= 0.3 is 25.7 Å². The maximum atomic E-state index is 12.9. The summed E-state index contributed by atoms with van der Waals surface area (Å²) in [6.45, 7) is 4.58. The molecule has 0 saturated carbocycles. The second-order valence-corrected chi connectivity index (χ2v) is 23.0. The van der Waals surface area contributed by atoms with E-state index in [1.54, 1.807) is 0 Å². The predicted molar refractivity (Wildman–Crippen MR) is 325 cm³/mol. The number of esters is 3. The Morgan fingerprint density at radius 1 is 0.359 bits per heavy atom. The third-order valence-corrected chi connectivity index (χ3v) is 14.8. The molecule has 0 rings (SSSR count). The first-order valence-electron chi connectivity index (χ1n) is 32.2. The van der Waals surface area contributed by atoms with Crippen LogP contribution in [0, 0.1) is 0 Å². The van der Waals surface area contributed by atoms with Gasteiger partial charge in [0.05, 0.1) is 19.8 Å². The van der Waals surface area contributed by atoms with E-state index in [4.69, 9.17) is 23.3 Å². The molecule has 0 aromatic carbocycles. The first kappa shape index (κ1) is 75.2. The monoisotopic (exact) mass is 1120 g/mol. The van der Waals surface area contributed by atoms with E-state index >= 15 is 0 Å². The lowest BCUT2D eigenvalue weighted by Crippen LogP contribution is -2.30. The normalized spacial score (nSPS) is 13.7. The van der Waals surface area contributed by atoms with Crippen molar-refractivity contribution in [3.8, 4) is 0 Å². The van der Waals surface area contributed by atoms with Gasteiger partial charge < -0.3 is 24.2 Å². The van der Waals surface area contributed by atoms with Crippen LogP contribution in [0.1, 0.15) is 303 Å². The Labute approximate surface area is 478 Å². The molecule has 454 valence electrons. The van der Waals surface area contributed by atoms with Gasteiger partial charge in [-0.05, 0) is 103 Å². The zero-order valence-corrected chi connectivity index (χ0v) is 51.3. The van der Waals surface area contributed by atoms with E-state index in [1.807, 2.05) is 0 Å². The van der Waals surface area contributed by atoms with Gasteiger partial charge in [0.15, 0.2) is 6.10 Å². The van der Waals surface area contributed by atoms with Gasteiger partial charge in [-0.3, -0.25) is 23.4 Å². The van der Waals surface area contributed by atoms with Crippen LogP contribution in [0.15, 0.2) is 60.8 Å². The van der Waals surface area contributed by atoms with Gasteiger partial charge in [0.25, 0.3) is 0 Å². The van der Waals surface area contributed by atoms with Crippen LogP contribution in [-0.4, -0.2) is 66.5 Å². The molecule has 0 heterocycles. The molecule has 3 atom stereocenters. The smallest absolute Gasteiger partial charge is 0.462 e. The summed E-state index contributed by atoms with van der Waals surface area (Å²) in [5.41, 5.74) is 0. The summed E-state index contributed by atoms with van der Waals surface area (Å²) in [5.74, 6) is -1.47. The summed E-state index contributed by atoms with van der Waals surface area (Å²) >= 11 is 0. The Morgan fingerprint density at radius 3 is 1.04 bits per heavy atom. The number of aliphatic hydroxyl groups excluding tert-OH is 1. The van der Waals surface area contributed by atoms with Crippen molar-refractivity contribution in [2.45, 2.75) is 315 Å². The Morgan fingerprint density at radius 2 is 0.654 bits per heavy atom. The summed E-state index contributed by atoms with van der Waals surface area (Å²) in [6.07, 6.45) is 67.4. The van der Waals surface area contributed by atoms with Crippen LogP contribution >= 0.6 is 7.82 Å². The van der Waals surface area contributed by atoms with Gasteiger partial charge in [-0.1, -0.05) is 242 Å². The summed E-state index contributed by atoms with van der Waals surface area (Å²) in [4.78, 5) is 48.7. The van der Waals surface area contributed by atoms with Crippen LogP contribution in [-0.2, 0) is 42.2 Å². The SMILES string of the molecule is CCC/C=C\C/C=C\CCCCCCCC(=O)OCC(COP(=O)(O)OCC(CO)OC(=O)CCCCCCCCCCC/C=C\CCCCCCCC)OC(=O)CCCCCCCCCCC/C=C\C/C=C\CCCCC. The molecule has 0 spiro atoms. The highest BCUT2D eigenvalue weighted by molar-refractivity contribution is 7.47. The molecule has 0 aromatic rings.